The summed E-state index contributed by atoms with van der Waals surface area (Å²) in [7, 11) is 0. The van der Waals surface area contributed by atoms with Gasteiger partial charge >= 0.3 is 0 Å². The third-order valence-electron chi connectivity index (χ3n) is 4.75. The number of nitrogens with one attached hydrogen (secondary N) is 1. The van der Waals surface area contributed by atoms with Gasteiger partial charge in [-0.3, -0.25) is 4.79 Å². The number of carbonyl (C=O) groups excluding carboxylic acids is 1. The Hall–Kier alpha value is -1.77. The van der Waals surface area contributed by atoms with Crippen molar-refractivity contribution in [2.24, 2.45) is 5.92 Å². The van der Waals surface area contributed by atoms with E-state index in [1.165, 1.54) is 24.1 Å². The van der Waals surface area contributed by atoms with Gasteiger partial charge in [-0.15, -0.1) is 6.58 Å². The quantitative estimate of drug-likeness (QED) is 0.861. The Bertz CT molecular complexity index is 520. The number of amides is 1. The lowest BCUT2D eigenvalue weighted by Crippen LogP contribution is -2.45. The molecule has 1 heterocycles. The van der Waals surface area contributed by atoms with Gasteiger partial charge in [-0.05, 0) is 30.9 Å². The summed E-state index contributed by atoms with van der Waals surface area (Å²) >= 11 is 0. The Morgan fingerprint density at radius 3 is 2.86 bits per heavy atom. The van der Waals surface area contributed by atoms with E-state index in [0.29, 0.717) is 18.5 Å². The molecule has 1 atom stereocenters. The van der Waals surface area contributed by atoms with Crippen LogP contribution in [0.15, 0.2) is 36.9 Å². The normalized spacial score (nSPS) is 21.4. The molecule has 1 saturated carbocycles. The molecule has 21 heavy (non-hydrogen) atoms. The van der Waals surface area contributed by atoms with Crippen molar-refractivity contribution in [3.63, 3.8) is 0 Å². The summed E-state index contributed by atoms with van der Waals surface area (Å²) in [5.41, 5.74) is 2.43. The molecule has 0 spiro atoms. The van der Waals surface area contributed by atoms with Crippen molar-refractivity contribution in [3.8, 4) is 0 Å². The van der Waals surface area contributed by atoms with E-state index in [0.717, 1.165) is 25.8 Å². The van der Waals surface area contributed by atoms with Crippen molar-refractivity contribution in [2.45, 2.75) is 38.1 Å². The smallest absolute Gasteiger partial charge is 0.228 e. The maximum Gasteiger partial charge on any atom is 0.228 e. The maximum atomic E-state index is 12.9. The summed E-state index contributed by atoms with van der Waals surface area (Å²) in [6.07, 6.45) is 7.50. The van der Waals surface area contributed by atoms with Gasteiger partial charge in [0, 0.05) is 24.8 Å². The minimum Gasteiger partial charge on any atom is -0.384 e. The van der Waals surface area contributed by atoms with Crippen LogP contribution in [-0.2, 0) is 11.2 Å². The van der Waals surface area contributed by atoms with Crippen molar-refractivity contribution in [3.05, 3.63) is 42.5 Å². The first-order valence-electron chi connectivity index (χ1n) is 8.02. The third kappa shape index (κ3) is 2.97. The minimum absolute atomic E-state index is 0.0560. The van der Waals surface area contributed by atoms with Gasteiger partial charge in [-0.2, -0.15) is 0 Å². The van der Waals surface area contributed by atoms with Crippen LogP contribution in [0.3, 0.4) is 0 Å². The molecule has 3 rings (SSSR count). The molecule has 0 saturated heterocycles. The van der Waals surface area contributed by atoms with E-state index in [-0.39, 0.29) is 5.92 Å². The van der Waals surface area contributed by atoms with Gasteiger partial charge in [0.25, 0.3) is 0 Å². The maximum absolute atomic E-state index is 12.9. The fourth-order valence-corrected chi connectivity index (χ4v) is 3.62. The van der Waals surface area contributed by atoms with E-state index in [1.54, 1.807) is 0 Å². The second-order valence-corrected chi connectivity index (χ2v) is 6.16. The number of carbonyl (C=O) groups is 1. The largest absolute Gasteiger partial charge is 0.384 e. The molecular formula is C18H24N2O. The lowest BCUT2D eigenvalue weighted by atomic mass is 9.92. The fourth-order valence-electron chi connectivity index (χ4n) is 3.62. The van der Waals surface area contributed by atoms with Gasteiger partial charge in [0.15, 0.2) is 0 Å². The zero-order valence-corrected chi connectivity index (χ0v) is 12.6. The van der Waals surface area contributed by atoms with Crippen LogP contribution in [0, 0.1) is 5.92 Å². The Labute approximate surface area is 127 Å². The molecule has 1 aliphatic heterocycles. The second-order valence-electron chi connectivity index (χ2n) is 6.16. The summed E-state index contributed by atoms with van der Waals surface area (Å²) in [6, 6.07) is 8.72. The van der Waals surface area contributed by atoms with Gasteiger partial charge in [0.05, 0.1) is 5.92 Å². The van der Waals surface area contributed by atoms with Crippen molar-refractivity contribution in [1.29, 1.82) is 0 Å². The average molecular weight is 284 g/mol. The highest BCUT2D eigenvalue weighted by molar-refractivity contribution is 5.81. The van der Waals surface area contributed by atoms with Gasteiger partial charge in [0.2, 0.25) is 5.91 Å². The van der Waals surface area contributed by atoms with Crippen LogP contribution in [0.4, 0.5) is 5.69 Å². The Balaban J connectivity index is 1.73. The summed E-state index contributed by atoms with van der Waals surface area (Å²) in [5.74, 6) is 0.351. The minimum atomic E-state index is 0.0560. The molecule has 1 fully saturated rings. The zero-order valence-electron chi connectivity index (χ0n) is 12.6. The fraction of sp³-hybridized carbons (Fsp3) is 0.500. The van der Waals surface area contributed by atoms with Gasteiger partial charge in [-0.25, -0.2) is 0 Å². The summed E-state index contributed by atoms with van der Waals surface area (Å²) in [6.45, 7) is 5.25. The summed E-state index contributed by atoms with van der Waals surface area (Å²) in [4.78, 5) is 15.0. The Morgan fingerprint density at radius 1 is 1.33 bits per heavy atom. The molecule has 0 aromatic heterocycles. The van der Waals surface area contributed by atoms with Crippen LogP contribution >= 0.6 is 0 Å². The van der Waals surface area contributed by atoms with Crippen LogP contribution in [0.25, 0.3) is 0 Å². The summed E-state index contributed by atoms with van der Waals surface area (Å²) in [5, 5.41) is 3.41. The first kappa shape index (κ1) is 14.2. The van der Waals surface area contributed by atoms with E-state index in [2.05, 4.69) is 28.9 Å². The standard InChI is InChI=1S/C18H24N2O/c1-2-11-20(16-8-4-5-9-16)18(21)15-12-14-7-3-6-10-17(14)19-13-15/h2-3,6-7,10,15-16,19H,1,4-5,8-9,11-13H2. The van der Waals surface area contributed by atoms with Crippen molar-refractivity contribution >= 4 is 11.6 Å². The lowest BCUT2D eigenvalue weighted by molar-refractivity contribution is -0.136. The zero-order chi connectivity index (χ0) is 14.7. The number of nitrogens with zero attached hydrogens (tertiary/aromatic N) is 1. The highest BCUT2D eigenvalue weighted by atomic mass is 16.2. The number of rotatable bonds is 4. The molecule has 3 heteroatoms. The average Bonchev–Trinajstić information content (AvgIpc) is 3.05. The molecular weight excluding hydrogens is 260 g/mol. The molecule has 3 nitrogen and oxygen atoms in total. The van der Waals surface area contributed by atoms with Crippen LogP contribution in [0.5, 0.6) is 0 Å². The number of hydrogen-bond acceptors (Lipinski definition) is 2. The van der Waals surface area contributed by atoms with Crippen molar-refractivity contribution < 1.29 is 4.79 Å². The van der Waals surface area contributed by atoms with Crippen LogP contribution in [0.2, 0.25) is 0 Å². The van der Waals surface area contributed by atoms with Gasteiger partial charge < -0.3 is 10.2 Å². The molecule has 1 aliphatic carbocycles. The number of para-hydroxylation sites is 1. The molecule has 1 aromatic carbocycles. The third-order valence-corrected chi connectivity index (χ3v) is 4.75. The highest BCUT2D eigenvalue weighted by Crippen LogP contribution is 2.29. The van der Waals surface area contributed by atoms with Gasteiger partial charge in [0.1, 0.15) is 0 Å². The van der Waals surface area contributed by atoms with E-state index in [9.17, 15) is 4.79 Å². The van der Waals surface area contributed by atoms with E-state index in [1.807, 2.05) is 18.2 Å². The highest BCUT2D eigenvalue weighted by Gasteiger charge is 2.32. The first-order chi connectivity index (χ1) is 10.3. The lowest BCUT2D eigenvalue weighted by Gasteiger charge is -2.34. The Morgan fingerprint density at radius 2 is 2.10 bits per heavy atom. The number of fused-ring (bicyclic) bond motifs is 1. The van der Waals surface area contributed by atoms with E-state index < -0.39 is 0 Å². The molecule has 1 unspecified atom stereocenters. The van der Waals surface area contributed by atoms with E-state index >= 15 is 0 Å². The molecule has 1 N–H and O–H groups in total. The monoisotopic (exact) mass is 284 g/mol. The summed E-state index contributed by atoms with van der Waals surface area (Å²) < 4.78 is 0. The van der Waals surface area contributed by atoms with Crippen molar-refractivity contribution in [1.82, 2.24) is 4.90 Å². The van der Waals surface area contributed by atoms with Gasteiger partial charge in [-0.1, -0.05) is 37.1 Å². The molecule has 1 amide bonds. The molecule has 2 aliphatic rings. The van der Waals surface area contributed by atoms with Crippen LogP contribution < -0.4 is 5.32 Å². The second kappa shape index (κ2) is 6.33. The van der Waals surface area contributed by atoms with E-state index in [4.69, 9.17) is 0 Å². The Kier molecular flexibility index (Phi) is 4.28. The molecule has 112 valence electrons. The molecule has 1 aromatic rings. The first-order valence-corrected chi connectivity index (χ1v) is 8.02. The van der Waals surface area contributed by atoms with Crippen LogP contribution in [0.1, 0.15) is 31.2 Å². The SMILES string of the molecule is C=CCN(C(=O)C1CNc2ccccc2C1)C1CCCC1. The molecule has 0 bridgehead atoms. The molecule has 0 radical (unpaired) electrons. The number of anilines is 1. The van der Waals surface area contributed by atoms with Crippen molar-refractivity contribution in [2.75, 3.05) is 18.4 Å². The predicted octanol–water partition coefficient (Wildman–Crippen LogP) is 3.23. The van der Waals surface area contributed by atoms with Crippen LogP contribution in [-0.4, -0.2) is 29.9 Å². The topological polar surface area (TPSA) is 32.3 Å². The predicted molar refractivity (Wildman–Crippen MR) is 86.3 cm³/mol. The number of benzene rings is 1. The number of hydrogen-bond donors (Lipinski definition) is 1.